The predicted molar refractivity (Wildman–Crippen MR) is 128 cm³/mol. The van der Waals surface area contributed by atoms with Gasteiger partial charge in [-0.1, -0.05) is 25.7 Å². The zero-order valence-corrected chi connectivity index (χ0v) is 19.8. The third-order valence-electron chi connectivity index (χ3n) is 7.77. The maximum atomic E-state index is 13.2. The molecule has 182 valence electrons. The summed E-state index contributed by atoms with van der Waals surface area (Å²) >= 11 is 0. The summed E-state index contributed by atoms with van der Waals surface area (Å²) in [7, 11) is 0. The number of carbonyl (C=O) groups excluding carboxylic acids is 4. The van der Waals surface area contributed by atoms with E-state index in [1.807, 2.05) is 0 Å². The molecule has 5 rings (SSSR count). The summed E-state index contributed by atoms with van der Waals surface area (Å²) in [6.07, 6.45) is 9.33. The number of carbonyl (C=O) groups is 4. The minimum Gasteiger partial charge on any atom is -0.292 e. The number of benzene rings is 1. The molecule has 4 amide bonds. The zero-order valence-electron chi connectivity index (χ0n) is 19.8. The van der Waals surface area contributed by atoms with Crippen molar-refractivity contribution >= 4 is 35.0 Å². The van der Waals surface area contributed by atoms with Crippen molar-refractivity contribution in [2.75, 3.05) is 36.0 Å². The van der Waals surface area contributed by atoms with Gasteiger partial charge in [0.2, 0.25) is 11.8 Å². The quantitative estimate of drug-likeness (QED) is 0.635. The van der Waals surface area contributed by atoms with Gasteiger partial charge < -0.3 is 0 Å². The average Bonchev–Trinajstić information content (AvgIpc) is 3.09. The molecule has 0 N–H and O–H groups in total. The lowest BCUT2D eigenvalue weighted by Gasteiger charge is -2.26. The molecule has 0 bridgehead atoms. The molecule has 0 spiro atoms. The zero-order chi connectivity index (χ0) is 23.7. The molecule has 4 fully saturated rings. The van der Waals surface area contributed by atoms with E-state index in [0.29, 0.717) is 11.4 Å². The molecule has 4 aliphatic heterocycles. The molecule has 8 heteroatoms. The molecular formula is C26H34N4O4. The van der Waals surface area contributed by atoms with Crippen molar-refractivity contribution in [2.45, 2.75) is 76.3 Å². The Balaban J connectivity index is 1.29. The highest BCUT2D eigenvalue weighted by Crippen LogP contribution is 2.31. The second-order valence-corrected chi connectivity index (χ2v) is 9.99. The van der Waals surface area contributed by atoms with Crippen molar-refractivity contribution in [3.05, 3.63) is 24.3 Å². The molecule has 34 heavy (non-hydrogen) atoms. The van der Waals surface area contributed by atoms with Crippen molar-refractivity contribution in [2.24, 2.45) is 0 Å². The molecule has 4 heterocycles. The molecule has 8 nitrogen and oxygen atoms in total. The first kappa shape index (κ1) is 23.2. The van der Waals surface area contributed by atoms with Crippen LogP contribution in [0, 0.1) is 0 Å². The third-order valence-corrected chi connectivity index (χ3v) is 7.77. The Morgan fingerprint density at radius 3 is 1.15 bits per heavy atom. The van der Waals surface area contributed by atoms with Gasteiger partial charge >= 0.3 is 0 Å². The second-order valence-electron chi connectivity index (χ2n) is 9.99. The van der Waals surface area contributed by atoms with Gasteiger partial charge in [0.05, 0.1) is 36.3 Å². The molecule has 4 saturated heterocycles. The Bertz CT molecular complexity index is 869. The molecule has 0 unspecified atom stereocenters. The number of likely N-dealkylation sites (tertiary alicyclic amines) is 2. The Morgan fingerprint density at radius 2 is 0.824 bits per heavy atom. The van der Waals surface area contributed by atoms with E-state index < -0.39 is 0 Å². The Hall–Kier alpha value is -2.58. The van der Waals surface area contributed by atoms with E-state index in [4.69, 9.17) is 0 Å². The van der Waals surface area contributed by atoms with Gasteiger partial charge in [-0.3, -0.25) is 29.0 Å². The smallest absolute Gasteiger partial charge is 0.251 e. The summed E-state index contributed by atoms with van der Waals surface area (Å²) in [5.74, 6) is -0.730. The summed E-state index contributed by atoms with van der Waals surface area (Å²) < 4.78 is 0. The molecular weight excluding hydrogens is 432 g/mol. The molecule has 0 aromatic heterocycles. The van der Waals surface area contributed by atoms with E-state index in [0.717, 1.165) is 51.9 Å². The van der Waals surface area contributed by atoms with E-state index in [1.165, 1.54) is 35.5 Å². The molecule has 0 saturated carbocycles. The van der Waals surface area contributed by atoms with Crippen LogP contribution in [-0.4, -0.2) is 71.7 Å². The number of hydrogen-bond donors (Lipinski definition) is 0. The minimum atomic E-state index is -0.388. The Labute approximate surface area is 200 Å². The van der Waals surface area contributed by atoms with Crippen LogP contribution in [0.2, 0.25) is 0 Å². The van der Waals surface area contributed by atoms with Crippen LogP contribution in [0.5, 0.6) is 0 Å². The first-order chi connectivity index (χ1) is 16.5. The van der Waals surface area contributed by atoms with E-state index in [-0.39, 0.29) is 48.6 Å². The van der Waals surface area contributed by atoms with Gasteiger partial charge in [0.15, 0.2) is 0 Å². The number of anilines is 2. The van der Waals surface area contributed by atoms with Crippen LogP contribution in [-0.2, 0) is 19.2 Å². The van der Waals surface area contributed by atoms with Crippen LogP contribution in [0.15, 0.2) is 24.3 Å². The molecule has 0 aliphatic carbocycles. The number of rotatable bonds is 4. The fourth-order valence-corrected chi connectivity index (χ4v) is 5.91. The SMILES string of the molecule is O=C1C[C@@H](N2CCCCCC2)C(=O)N1c1ccc(N2C(=O)C[C@H](N3CCCCCC3)C2=O)cc1. The lowest BCUT2D eigenvalue weighted by Crippen LogP contribution is -2.43. The van der Waals surface area contributed by atoms with E-state index in [2.05, 4.69) is 9.80 Å². The predicted octanol–water partition coefficient (Wildman–Crippen LogP) is 2.70. The summed E-state index contributed by atoms with van der Waals surface area (Å²) in [6, 6.07) is 5.93. The summed E-state index contributed by atoms with van der Waals surface area (Å²) in [6.45, 7) is 3.42. The standard InChI is InChI=1S/C26H34N4O4/c31-23-17-21(27-13-5-1-2-6-14-27)25(33)29(23)19-9-11-20(12-10-19)30-24(32)18-22(26(30)34)28-15-7-3-4-8-16-28/h9-12,21-22H,1-8,13-18H2/t21-,22+. The summed E-state index contributed by atoms with van der Waals surface area (Å²) in [5.41, 5.74) is 0.999. The molecule has 1 aromatic carbocycles. The normalized spacial score (nSPS) is 28.0. The van der Waals surface area contributed by atoms with Gasteiger partial charge in [-0.2, -0.15) is 0 Å². The van der Waals surface area contributed by atoms with Gasteiger partial charge in [0.25, 0.3) is 11.8 Å². The minimum absolute atomic E-state index is 0.172. The van der Waals surface area contributed by atoms with Gasteiger partial charge in [0.1, 0.15) is 0 Å². The average molecular weight is 467 g/mol. The van der Waals surface area contributed by atoms with Crippen molar-refractivity contribution in [1.82, 2.24) is 9.80 Å². The maximum absolute atomic E-state index is 13.2. The highest BCUT2D eigenvalue weighted by Gasteiger charge is 2.44. The maximum Gasteiger partial charge on any atom is 0.251 e. The number of amides is 4. The van der Waals surface area contributed by atoms with Gasteiger partial charge in [-0.05, 0) is 76.1 Å². The monoisotopic (exact) mass is 466 g/mol. The molecule has 4 aliphatic rings. The molecule has 0 radical (unpaired) electrons. The van der Waals surface area contributed by atoms with Gasteiger partial charge in [-0.15, -0.1) is 0 Å². The number of nitrogens with zero attached hydrogens (tertiary/aromatic N) is 4. The summed E-state index contributed by atoms with van der Waals surface area (Å²) in [4.78, 5) is 58.7. The molecule has 1 aromatic rings. The van der Waals surface area contributed by atoms with Gasteiger partial charge in [0, 0.05) is 0 Å². The van der Waals surface area contributed by atoms with Crippen LogP contribution in [0.3, 0.4) is 0 Å². The lowest BCUT2D eigenvalue weighted by molar-refractivity contribution is -0.124. The van der Waals surface area contributed by atoms with Crippen LogP contribution < -0.4 is 9.80 Å². The third kappa shape index (κ3) is 4.41. The fourth-order valence-electron chi connectivity index (χ4n) is 5.91. The van der Waals surface area contributed by atoms with Crippen LogP contribution in [0.1, 0.15) is 64.2 Å². The Kier molecular flexibility index (Phi) is 6.79. The molecule has 2 atom stereocenters. The topological polar surface area (TPSA) is 81.2 Å². The van der Waals surface area contributed by atoms with Crippen LogP contribution in [0.25, 0.3) is 0 Å². The van der Waals surface area contributed by atoms with Crippen molar-refractivity contribution in [1.29, 1.82) is 0 Å². The lowest BCUT2D eigenvalue weighted by atomic mass is 10.2. The van der Waals surface area contributed by atoms with Crippen LogP contribution in [0.4, 0.5) is 11.4 Å². The number of hydrogen-bond acceptors (Lipinski definition) is 6. The highest BCUT2D eigenvalue weighted by molar-refractivity contribution is 6.24. The Morgan fingerprint density at radius 1 is 0.500 bits per heavy atom. The fraction of sp³-hybridized carbons (Fsp3) is 0.615. The first-order valence-electron chi connectivity index (χ1n) is 12.9. The second kappa shape index (κ2) is 9.96. The first-order valence-corrected chi connectivity index (χ1v) is 12.9. The van der Waals surface area contributed by atoms with E-state index >= 15 is 0 Å². The van der Waals surface area contributed by atoms with Crippen LogP contribution >= 0.6 is 0 Å². The van der Waals surface area contributed by atoms with E-state index in [9.17, 15) is 19.2 Å². The largest absolute Gasteiger partial charge is 0.292 e. The van der Waals surface area contributed by atoms with E-state index in [1.54, 1.807) is 24.3 Å². The summed E-state index contributed by atoms with van der Waals surface area (Å²) in [5, 5.41) is 0. The highest BCUT2D eigenvalue weighted by atomic mass is 16.2. The van der Waals surface area contributed by atoms with Crippen molar-refractivity contribution in [3.63, 3.8) is 0 Å². The number of imide groups is 2. The van der Waals surface area contributed by atoms with Gasteiger partial charge in [-0.25, -0.2) is 9.80 Å². The van der Waals surface area contributed by atoms with Crippen molar-refractivity contribution < 1.29 is 19.2 Å². The van der Waals surface area contributed by atoms with Crippen molar-refractivity contribution in [3.8, 4) is 0 Å².